The zero-order valence-electron chi connectivity index (χ0n) is 22.3. The molecule has 1 aromatic heterocycles. The summed E-state index contributed by atoms with van der Waals surface area (Å²) >= 11 is 0. The third kappa shape index (κ3) is 5.91. The van der Waals surface area contributed by atoms with E-state index in [9.17, 15) is 9.59 Å². The topological polar surface area (TPSA) is 64.4 Å². The van der Waals surface area contributed by atoms with Crippen LogP contribution in [0.2, 0.25) is 0 Å². The lowest BCUT2D eigenvalue weighted by atomic mass is 10.1. The highest BCUT2D eigenvalue weighted by Gasteiger charge is 2.27. The molecule has 1 unspecified atom stereocenters. The van der Waals surface area contributed by atoms with Gasteiger partial charge in [0.15, 0.2) is 0 Å². The summed E-state index contributed by atoms with van der Waals surface area (Å²) in [4.78, 5) is 34.3. The molecule has 0 radical (unpaired) electrons. The van der Waals surface area contributed by atoms with Gasteiger partial charge in [-0.15, -0.1) is 0 Å². The molecule has 0 aliphatic rings. The predicted molar refractivity (Wildman–Crippen MR) is 148 cm³/mol. The van der Waals surface area contributed by atoms with Crippen molar-refractivity contribution in [2.45, 2.75) is 46.6 Å². The molecule has 0 fully saturated rings. The molecule has 1 heterocycles. The van der Waals surface area contributed by atoms with E-state index in [4.69, 9.17) is 9.72 Å². The highest BCUT2D eigenvalue weighted by molar-refractivity contribution is 5.80. The summed E-state index contributed by atoms with van der Waals surface area (Å²) in [6, 6.07) is 22.4. The van der Waals surface area contributed by atoms with Crippen molar-refractivity contribution in [1.82, 2.24) is 14.5 Å². The standard InChI is InChI=1S/C31H35N3O3/c1-21(2)17-18-33(29(35)20-24-13-15-26(37-5)16-14-24)23(4)30-32-28-12-7-6-11-27(28)31(36)34(30)25-10-8-9-22(3)19-25/h6-16,19,21,23H,17-18,20H2,1-5H3. The van der Waals surface area contributed by atoms with Gasteiger partial charge in [-0.25, -0.2) is 4.98 Å². The number of ether oxygens (including phenoxy) is 1. The second-order valence-corrected chi connectivity index (χ2v) is 9.94. The van der Waals surface area contributed by atoms with Crippen molar-refractivity contribution in [3.63, 3.8) is 0 Å². The lowest BCUT2D eigenvalue weighted by molar-refractivity contribution is -0.133. The molecule has 0 saturated heterocycles. The van der Waals surface area contributed by atoms with Crippen molar-refractivity contribution < 1.29 is 9.53 Å². The Kier molecular flexibility index (Phi) is 8.07. The zero-order valence-corrected chi connectivity index (χ0v) is 22.3. The number of rotatable bonds is 9. The molecular formula is C31H35N3O3. The summed E-state index contributed by atoms with van der Waals surface area (Å²) in [5.41, 5.74) is 3.20. The second kappa shape index (κ2) is 11.4. The predicted octanol–water partition coefficient (Wildman–Crippen LogP) is 5.88. The Morgan fingerprint density at radius 3 is 2.41 bits per heavy atom. The Hall–Kier alpha value is -3.93. The number of benzene rings is 3. The van der Waals surface area contributed by atoms with Gasteiger partial charge < -0.3 is 9.64 Å². The zero-order chi connectivity index (χ0) is 26.5. The van der Waals surface area contributed by atoms with Crippen LogP contribution in [0.5, 0.6) is 5.75 Å². The molecule has 4 rings (SSSR count). The number of hydrogen-bond donors (Lipinski definition) is 0. The van der Waals surface area contributed by atoms with Crippen LogP contribution < -0.4 is 10.3 Å². The quantitative estimate of drug-likeness (QED) is 0.290. The van der Waals surface area contributed by atoms with Crippen LogP contribution in [0.15, 0.2) is 77.6 Å². The van der Waals surface area contributed by atoms with Crippen molar-refractivity contribution in [2.75, 3.05) is 13.7 Å². The molecule has 0 saturated carbocycles. The van der Waals surface area contributed by atoms with E-state index in [1.165, 1.54) is 0 Å². The third-order valence-corrected chi connectivity index (χ3v) is 6.68. The summed E-state index contributed by atoms with van der Waals surface area (Å²) in [7, 11) is 1.62. The molecule has 37 heavy (non-hydrogen) atoms. The van der Waals surface area contributed by atoms with Crippen molar-refractivity contribution in [3.8, 4) is 11.4 Å². The molecule has 0 N–H and O–H groups in total. The Labute approximate surface area is 218 Å². The first-order chi connectivity index (χ1) is 17.8. The number of para-hydroxylation sites is 1. The van der Waals surface area contributed by atoms with E-state index in [1.807, 2.05) is 85.5 Å². The minimum atomic E-state index is -0.415. The van der Waals surface area contributed by atoms with E-state index in [0.717, 1.165) is 29.0 Å². The molecule has 6 heteroatoms. The largest absolute Gasteiger partial charge is 0.497 e. The fourth-order valence-electron chi connectivity index (χ4n) is 4.54. The number of carbonyl (C=O) groups excluding carboxylic acids is 1. The van der Waals surface area contributed by atoms with Gasteiger partial charge in [0, 0.05) is 6.54 Å². The lowest BCUT2D eigenvalue weighted by Gasteiger charge is -2.31. The Morgan fingerprint density at radius 2 is 1.73 bits per heavy atom. The summed E-state index contributed by atoms with van der Waals surface area (Å²) in [5, 5.41) is 0.554. The number of methoxy groups -OCH3 is 1. The molecule has 0 aliphatic carbocycles. The molecule has 0 aliphatic heterocycles. The highest BCUT2D eigenvalue weighted by Crippen LogP contribution is 2.25. The number of amides is 1. The smallest absolute Gasteiger partial charge is 0.266 e. The molecular weight excluding hydrogens is 462 g/mol. The van der Waals surface area contributed by atoms with Gasteiger partial charge >= 0.3 is 0 Å². The van der Waals surface area contributed by atoms with Gasteiger partial charge in [0.25, 0.3) is 5.56 Å². The Balaban J connectivity index is 1.80. The van der Waals surface area contributed by atoms with Gasteiger partial charge in [-0.2, -0.15) is 0 Å². The molecule has 6 nitrogen and oxygen atoms in total. The van der Waals surface area contributed by atoms with Crippen LogP contribution in [-0.2, 0) is 11.2 Å². The first-order valence-corrected chi connectivity index (χ1v) is 12.8. The second-order valence-electron chi connectivity index (χ2n) is 9.94. The fourth-order valence-corrected chi connectivity index (χ4v) is 4.54. The monoisotopic (exact) mass is 497 g/mol. The maximum atomic E-state index is 13.8. The van der Waals surface area contributed by atoms with Gasteiger partial charge in [0.1, 0.15) is 11.6 Å². The first-order valence-electron chi connectivity index (χ1n) is 12.8. The minimum Gasteiger partial charge on any atom is -0.497 e. The van der Waals surface area contributed by atoms with Crippen LogP contribution in [-0.4, -0.2) is 34.0 Å². The van der Waals surface area contributed by atoms with Crippen LogP contribution in [0.1, 0.15) is 50.2 Å². The number of aryl methyl sites for hydroxylation is 1. The maximum Gasteiger partial charge on any atom is 0.266 e. The molecule has 1 atom stereocenters. The van der Waals surface area contributed by atoms with Crippen molar-refractivity contribution >= 4 is 16.8 Å². The van der Waals surface area contributed by atoms with Gasteiger partial charge in [0.2, 0.25) is 5.91 Å². The summed E-state index contributed by atoms with van der Waals surface area (Å²) < 4.78 is 6.93. The van der Waals surface area contributed by atoms with Crippen LogP contribution >= 0.6 is 0 Å². The molecule has 4 aromatic rings. The third-order valence-electron chi connectivity index (χ3n) is 6.68. The van der Waals surface area contributed by atoms with Crippen LogP contribution in [0.3, 0.4) is 0 Å². The fraction of sp³-hybridized carbons (Fsp3) is 0.323. The number of fused-ring (bicyclic) bond motifs is 1. The molecule has 3 aromatic carbocycles. The summed E-state index contributed by atoms with van der Waals surface area (Å²) in [5.74, 6) is 1.73. The normalized spacial score (nSPS) is 12.1. The summed E-state index contributed by atoms with van der Waals surface area (Å²) in [6.07, 6.45) is 1.11. The van der Waals surface area contributed by atoms with E-state index in [2.05, 4.69) is 13.8 Å². The van der Waals surface area contributed by atoms with E-state index in [1.54, 1.807) is 17.7 Å². The average Bonchev–Trinajstić information content (AvgIpc) is 2.89. The number of hydrogen-bond acceptors (Lipinski definition) is 4. The van der Waals surface area contributed by atoms with E-state index >= 15 is 0 Å². The number of aromatic nitrogens is 2. The van der Waals surface area contributed by atoms with Crippen molar-refractivity contribution in [3.05, 3.63) is 100 Å². The Bertz CT molecular complexity index is 1440. The van der Waals surface area contributed by atoms with Gasteiger partial charge in [-0.3, -0.25) is 14.2 Å². The Morgan fingerprint density at radius 1 is 1.00 bits per heavy atom. The highest BCUT2D eigenvalue weighted by atomic mass is 16.5. The van der Waals surface area contributed by atoms with Gasteiger partial charge in [-0.05, 0) is 73.7 Å². The minimum absolute atomic E-state index is 0.00323. The average molecular weight is 498 g/mol. The molecule has 0 bridgehead atoms. The van der Waals surface area contributed by atoms with Crippen molar-refractivity contribution in [1.29, 1.82) is 0 Å². The van der Waals surface area contributed by atoms with Crippen LogP contribution in [0, 0.1) is 12.8 Å². The molecule has 0 spiro atoms. The van der Waals surface area contributed by atoms with E-state index in [0.29, 0.717) is 29.2 Å². The number of carbonyl (C=O) groups is 1. The lowest BCUT2D eigenvalue weighted by Crippen LogP contribution is -2.39. The summed E-state index contributed by atoms with van der Waals surface area (Å²) in [6.45, 7) is 8.83. The maximum absolute atomic E-state index is 13.8. The first kappa shape index (κ1) is 26.1. The van der Waals surface area contributed by atoms with E-state index in [-0.39, 0.29) is 17.9 Å². The van der Waals surface area contributed by atoms with Crippen molar-refractivity contribution in [2.24, 2.45) is 5.92 Å². The number of nitrogens with zero attached hydrogens (tertiary/aromatic N) is 3. The van der Waals surface area contributed by atoms with Gasteiger partial charge in [0.05, 0.1) is 36.2 Å². The van der Waals surface area contributed by atoms with Gasteiger partial charge in [-0.1, -0.05) is 50.2 Å². The molecule has 192 valence electrons. The van der Waals surface area contributed by atoms with E-state index < -0.39 is 6.04 Å². The van der Waals surface area contributed by atoms with Crippen LogP contribution in [0.25, 0.3) is 16.6 Å². The SMILES string of the molecule is COc1ccc(CC(=O)N(CCC(C)C)C(C)c2nc3ccccc3c(=O)n2-c2cccc(C)c2)cc1. The molecule has 1 amide bonds. The van der Waals surface area contributed by atoms with Crippen LogP contribution in [0.4, 0.5) is 0 Å².